The number of carbonyl (C=O) groups excluding carboxylic acids is 3. The monoisotopic (exact) mass is 571 g/mol. The number of halogens is 2. The van der Waals surface area contributed by atoms with Crippen LogP contribution in [0.2, 0.25) is 10.0 Å². The lowest BCUT2D eigenvalue weighted by Crippen LogP contribution is -2.46. The smallest absolute Gasteiger partial charge is 0.328 e. The third-order valence-electron chi connectivity index (χ3n) is 5.48. The van der Waals surface area contributed by atoms with Gasteiger partial charge in [-0.3, -0.25) is 9.59 Å². The number of carbonyl (C=O) groups is 3. The molecule has 3 aromatic carbocycles. The Bertz CT molecular complexity index is 1340. The second-order valence-electron chi connectivity index (χ2n) is 8.05. The van der Waals surface area contributed by atoms with Gasteiger partial charge in [0.15, 0.2) is 5.71 Å². The Kier molecular flexibility index (Phi) is 10.7. The molecule has 9 nitrogen and oxygen atoms in total. The summed E-state index contributed by atoms with van der Waals surface area (Å²) in [4.78, 5) is 43.5. The minimum Gasteiger partial charge on any atom is -0.496 e. The number of anilines is 1. The molecular formula is C28H27Cl2N3O6. The number of methoxy groups -OCH3 is 1. The number of rotatable bonds is 11. The first kappa shape index (κ1) is 29.5. The molecule has 3 aromatic rings. The first-order chi connectivity index (χ1) is 18.8. The number of para-hydroxylation sites is 1. The zero-order valence-corrected chi connectivity index (χ0v) is 23.0. The fourth-order valence-corrected chi connectivity index (χ4v) is 4.24. The number of nitrogens with one attached hydrogen (secondary N) is 2. The third kappa shape index (κ3) is 7.72. The predicted molar refractivity (Wildman–Crippen MR) is 150 cm³/mol. The van der Waals surface area contributed by atoms with Gasteiger partial charge in [-0.2, -0.15) is 0 Å². The number of hydrogen-bond acceptors (Lipinski definition) is 7. The van der Waals surface area contributed by atoms with E-state index in [1.54, 1.807) is 73.7 Å². The molecule has 39 heavy (non-hydrogen) atoms. The first-order valence-electron chi connectivity index (χ1n) is 11.8. The van der Waals surface area contributed by atoms with Crippen LogP contribution in [0.3, 0.4) is 0 Å². The Morgan fingerprint density at radius 2 is 1.59 bits per heavy atom. The molecule has 0 saturated heterocycles. The van der Waals surface area contributed by atoms with Crippen molar-refractivity contribution >= 4 is 52.4 Å². The zero-order valence-electron chi connectivity index (χ0n) is 21.5. The minimum atomic E-state index is -1.03. The largest absolute Gasteiger partial charge is 0.496 e. The van der Waals surface area contributed by atoms with E-state index < -0.39 is 23.8 Å². The minimum absolute atomic E-state index is 0.0689. The molecule has 0 unspecified atom stereocenters. The number of esters is 1. The van der Waals surface area contributed by atoms with Crippen LogP contribution in [0, 0.1) is 0 Å². The summed E-state index contributed by atoms with van der Waals surface area (Å²) in [6.07, 6.45) is 0.112. The van der Waals surface area contributed by atoms with E-state index in [0.29, 0.717) is 22.6 Å². The molecule has 0 spiro atoms. The van der Waals surface area contributed by atoms with Crippen LogP contribution < -0.4 is 15.4 Å². The van der Waals surface area contributed by atoms with Crippen molar-refractivity contribution in [2.24, 2.45) is 5.16 Å². The van der Waals surface area contributed by atoms with Crippen LogP contribution in [-0.2, 0) is 25.6 Å². The highest BCUT2D eigenvalue weighted by Gasteiger charge is 2.27. The Labute approximate surface area is 236 Å². The van der Waals surface area contributed by atoms with Crippen molar-refractivity contribution in [1.29, 1.82) is 0 Å². The van der Waals surface area contributed by atoms with Gasteiger partial charge in [0.25, 0.3) is 11.8 Å². The molecule has 1 atom stereocenters. The number of oxime groups is 1. The van der Waals surface area contributed by atoms with E-state index >= 15 is 0 Å². The van der Waals surface area contributed by atoms with E-state index in [1.165, 1.54) is 14.2 Å². The fourth-order valence-electron chi connectivity index (χ4n) is 3.68. The highest BCUT2D eigenvalue weighted by atomic mass is 35.5. The van der Waals surface area contributed by atoms with Crippen molar-refractivity contribution in [2.75, 3.05) is 26.1 Å². The van der Waals surface area contributed by atoms with Gasteiger partial charge >= 0.3 is 5.97 Å². The van der Waals surface area contributed by atoms with Crippen LogP contribution in [0.15, 0.2) is 71.9 Å². The lowest BCUT2D eigenvalue weighted by Gasteiger charge is -2.19. The molecular weight excluding hydrogens is 545 g/mol. The Hall–Kier alpha value is -4.08. The van der Waals surface area contributed by atoms with Gasteiger partial charge in [-0.05, 0) is 48.9 Å². The molecule has 3 rings (SSSR count). The van der Waals surface area contributed by atoms with Gasteiger partial charge in [0.2, 0.25) is 0 Å². The van der Waals surface area contributed by atoms with Crippen molar-refractivity contribution in [3.05, 3.63) is 93.5 Å². The molecule has 0 aromatic heterocycles. The molecule has 0 bridgehead atoms. The van der Waals surface area contributed by atoms with Crippen molar-refractivity contribution in [3.8, 4) is 5.75 Å². The van der Waals surface area contributed by atoms with Gasteiger partial charge in [0.1, 0.15) is 18.9 Å². The van der Waals surface area contributed by atoms with Crippen LogP contribution in [-0.4, -0.2) is 50.4 Å². The average molecular weight is 572 g/mol. The van der Waals surface area contributed by atoms with Crippen molar-refractivity contribution < 1.29 is 28.7 Å². The molecule has 11 heteroatoms. The Morgan fingerprint density at radius 3 is 2.21 bits per heavy atom. The Morgan fingerprint density at radius 1 is 0.923 bits per heavy atom. The molecule has 0 saturated carbocycles. The maximum atomic E-state index is 13.2. The summed E-state index contributed by atoms with van der Waals surface area (Å²) in [6, 6.07) is 17.3. The number of nitrogens with zero attached hydrogens (tertiary/aromatic N) is 1. The number of amides is 2. The van der Waals surface area contributed by atoms with Crippen LogP contribution >= 0.6 is 23.2 Å². The summed E-state index contributed by atoms with van der Waals surface area (Å²) >= 11 is 12.2. The SMILES string of the molecule is CCOC(=O)[C@H](Cc1ccc(NC(=O)c2c(Cl)cccc2Cl)cc1)NC(=O)C(=NOC)c1ccccc1OC. The van der Waals surface area contributed by atoms with Crippen LogP contribution in [0.5, 0.6) is 5.75 Å². The van der Waals surface area contributed by atoms with E-state index in [2.05, 4.69) is 15.8 Å². The molecule has 0 fully saturated rings. The summed E-state index contributed by atoms with van der Waals surface area (Å²) < 4.78 is 10.5. The Balaban J connectivity index is 1.78. The second kappa shape index (κ2) is 14.2. The topological polar surface area (TPSA) is 115 Å². The summed E-state index contributed by atoms with van der Waals surface area (Å²) in [7, 11) is 2.78. The molecule has 2 N–H and O–H groups in total. The lowest BCUT2D eigenvalue weighted by atomic mass is 10.0. The fraction of sp³-hybridized carbons (Fsp3) is 0.214. The van der Waals surface area contributed by atoms with Crippen molar-refractivity contribution in [3.63, 3.8) is 0 Å². The number of hydrogen-bond donors (Lipinski definition) is 2. The van der Waals surface area contributed by atoms with Crippen LogP contribution in [0.25, 0.3) is 0 Å². The van der Waals surface area contributed by atoms with Crippen LogP contribution in [0.1, 0.15) is 28.4 Å². The second-order valence-corrected chi connectivity index (χ2v) is 8.87. The number of ether oxygens (including phenoxy) is 2. The molecule has 0 aliphatic rings. The highest BCUT2D eigenvalue weighted by molar-refractivity contribution is 6.46. The normalized spacial score (nSPS) is 11.8. The number of benzene rings is 3. The van der Waals surface area contributed by atoms with E-state index in [4.69, 9.17) is 37.5 Å². The maximum Gasteiger partial charge on any atom is 0.328 e. The summed E-state index contributed by atoms with van der Waals surface area (Å²) in [5.74, 6) is -1.32. The maximum absolute atomic E-state index is 13.2. The van der Waals surface area contributed by atoms with Gasteiger partial charge in [-0.25, -0.2) is 4.79 Å². The summed E-state index contributed by atoms with van der Waals surface area (Å²) in [5, 5.41) is 9.75. The van der Waals surface area contributed by atoms with Gasteiger partial charge in [-0.1, -0.05) is 58.7 Å². The van der Waals surface area contributed by atoms with Gasteiger partial charge in [-0.15, -0.1) is 0 Å². The predicted octanol–water partition coefficient (Wildman–Crippen LogP) is 4.90. The van der Waals surface area contributed by atoms with E-state index in [1.807, 2.05) is 0 Å². The molecule has 0 aliphatic carbocycles. The quantitative estimate of drug-likeness (QED) is 0.192. The molecule has 0 heterocycles. The lowest BCUT2D eigenvalue weighted by molar-refractivity contribution is -0.146. The summed E-state index contributed by atoms with van der Waals surface area (Å²) in [6.45, 7) is 1.80. The standard InChI is InChI=1S/C28H27Cl2N3O6/c1-4-39-28(36)22(32-27(35)25(33-38-3)19-8-5-6-11-23(19)37-2)16-17-12-14-18(15-13-17)31-26(34)24-20(29)9-7-10-21(24)30/h5-15,22H,4,16H2,1-3H3,(H,31,34)(H,32,35)/t22-/m0/s1. The van der Waals surface area contributed by atoms with E-state index in [-0.39, 0.29) is 34.3 Å². The molecule has 2 amide bonds. The molecule has 204 valence electrons. The van der Waals surface area contributed by atoms with Gasteiger partial charge < -0.3 is 24.9 Å². The third-order valence-corrected chi connectivity index (χ3v) is 6.11. The van der Waals surface area contributed by atoms with Gasteiger partial charge in [0, 0.05) is 12.1 Å². The molecule has 0 radical (unpaired) electrons. The van der Waals surface area contributed by atoms with Crippen molar-refractivity contribution in [2.45, 2.75) is 19.4 Å². The average Bonchev–Trinajstić information content (AvgIpc) is 2.92. The first-order valence-corrected chi connectivity index (χ1v) is 12.6. The van der Waals surface area contributed by atoms with Crippen LogP contribution in [0.4, 0.5) is 5.69 Å². The van der Waals surface area contributed by atoms with E-state index in [9.17, 15) is 14.4 Å². The van der Waals surface area contributed by atoms with E-state index in [0.717, 1.165) is 0 Å². The van der Waals surface area contributed by atoms with Gasteiger partial charge in [0.05, 0.1) is 34.9 Å². The molecule has 0 aliphatic heterocycles. The zero-order chi connectivity index (χ0) is 28.4. The highest BCUT2D eigenvalue weighted by Crippen LogP contribution is 2.25. The summed E-state index contributed by atoms with van der Waals surface area (Å²) in [5.41, 5.74) is 1.67. The van der Waals surface area contributed by atoms with Crippen molar-refractivity contribution in [1.82, 2.24) is 5.32 Å².